The van der Waals surface area contributed by atoms with E-state index >= 15 is 0 Å². The highest BCUT2D eigenvalue weighted by Crippen LogP contribution is 2.49. The Hall–Kier alpha value is -4.05. The van der Waals surface area contributed by atoms with Gasteiger partial charge in [-0.2, -0.15) is 0 Å². The van der Waals surface area contributed by atoms with Crippen LogP contribution in [0.4, 0.5) is 4.79 Å². The van der Waals surface area contributed by atoms with Gasteiger partial charge in [-0.25, -0.2) is 4.79 Å². The minimum Gasteiger partial charge on any atom is -0.508 e. The zero-order chi connectivity index (χ0) is 27.5. The first kappa shape index (κ1) is 25.2. The van der Waals surface area contributed by atoms with E-state index in [0.717, 1.165) is 27.7 Å². The molecule has 2 fully saturated rings. The monoisotopic (exact) mass is 531 g/mol. The van der Waals surface area contributed by atoms with E-state index in [-0.39, 0.29) is 30.1 Å². The number of carbonyl (C=O) groups excluding carboxylic acids is 3. The molecule has 2 atom stereocenters. The van der Waals surface area contributed by atoms with Crippen LogP contribution in [-0.4, -0.2) is 99.5 Å². The summed E-state index contributed by atoms with van der Waals surface area (Å²) in [6.45, 7) is 6.95. The number of hydrogen-bond donors (Lipinski definition) is 2. The number of carbonyl (C=O) groups is 3. The Morgan fingerprint density at radius 2 is 1.87 bits per heavy atom. The van der Waals surface area contributed by atoms with Crippen molar-refractivity contribution in [2.45, 2.75) is 31.8 Å². The first-order valence-electron chi connectivity index (χ1n) is 13.3. The van der Waals surface area contributed by atoms with E-state index in [2.05, 4.69) is 9.88 Å². The lowest BCUT2D eigenvalue weighted by atomic mass is 9.81. The van der Waals surface area contributed by atoms with Crippen molar-refractivity contribution in [3.8, 4) is 11.5 Å². The minimum atomic E-state index is -1.09. The molecule has 0 radical (unpaired) electrons. The summed E-state index contributed by atoms with van der Waals surface area (Å²) in [7, 11) is 1.62. The summed E-state index contributed by atoms with van der Waals surface area (Å²) in [5, 5.41) is 11.3. The fourth-order valence-corrected chi connectivity index (χ4v) is 6.39. The van der Waals surface area contributed by atoms with Crippen molar-refractivity contribution in [2.24, 2.45) is 0 Å². The number of ether oxygens (including phenoxy) is 1. The van der Waals surface area contributed by atoms with Crippen molar-refractivity contribution in [2.75, 3.05) is 46.4 Å². The maximum Gasteiger partial charge on any atom is 0.328 e. The first-order chi connectivity index (χ1) is 18.7. The molecule has 0 saturated carbocycles. The topological polar surface area (TPSA) is 109 Å². The molecule has 4 amide bonds. The number of phenols is 1. The molecule has 3 aromatic rings. The lowest BCUT2D eigenvalue weighted by molar-refractivity contribution is -0.133. The van der Waals surface area contributed by atoms with Crippen LogP contribution in [0.2, 0.25) is 0 Å². The maximum atomic E-state index is 14.0. The number of imide groups is 1. The zero-order valence-corrected chi connectivity index (χ0v) is 22.4. The fourth-order valence-electron chi connectivity index (χ4n) is 6.39. The number of urea groups is 1. The molecule has 6 rings (SSSR count). The molecule has 2 N–H and O–H groups in total. The number of H-pyrrole nitrogens is 1. The lowest BCUT2D eigenvalue weighted by Gasteiger charge is -2.42. The molecule has 10 heteroatoms. The van der Waals surface area contributed by atoms with Crippen molar-refractivity contribution >= 4 is 28.7 Å². The minimum absolute atomic E-state index is 0.0655. The van der Waals surface area contributed by atoms with Gasteiger partial charge in [0.1, 0.15) is 23.1 Å². The molecular formula is C29H33N5O5. The van der Waals surface area contributed by atoms with E-state index in [0.29, 0.717) is 44.9 Å². The summed E-state index contributed by atoms with van der Waals surface area (Å²) in [5.41, 5.74) is 2.34. The Balaban J connectivity index is 1.36. The average molecular weight is 532 g/mol. The van der Waals surface area contributed by atoms with Gasteiger partial charge >= 0.3 is 6.03 Å². The molecule has 0 unspecified atom stereocenters. The molecule has 0 bridgehead atoms. The molecule has 204 valence electrons. The van der Waals surface area contributed by atoms with Gasteiger partial charge in [-0.3, -0.25) is 24.3 Å². The van der Waals surface area contributed by atoms with Crippen LogP contribution in [0.3, 0.4) is 0 Å². The molecule has 1 aromatic heterocycles. The van der Waals surface area contributed by atoms with E-state index in [4.69, 9.17) is 4.74 Å². The van der Waals surface area contributed by atoms with Crippen LogP contribution in [0.1, 0.15) is 36.7 Å². The number of piperazine rings is 1. The van der Waals surface area contributed by atoms with E-state index in [1.54, 1.807) is 37.1 Å². The number of aromatic nitrogens is 1. The lowest BCUT2D eigenvalue weighted by Crippen LogP contribution is -2.53. The van der Waals surface area contributed by atoms with Crippen LogP contribution in [0.5, 0.6) is 11.5 Å². The van der Waals surface area contributed by atoms with E-state index < -0.39 is 11.6 Å². The first-order valence-corrected chi connectivity index (χ1v) is 13.3. The predicted molar refractivity (Wildman–Crippen MR) is 145 cm³/mol. The Labute approximate surface area is 226 Å². The van der Waals surface area contributed by atoms with E-state index in [9.17, 15) is 19.5 Å². The highest BCUT2D eigenvalue weighted by Gasteiger charge is 2.60. The number of nitrogens with zero attached hydrogens (tertiary/aromatic N) is 4. The summed E-state index contributed by atoms with van der Waals surface area (Å²) in [6, 6.07) is 11.8. The van der Waals surface area contributed by atoms with Crippen LogP contribution in [0, 0.1) is 0 Å². The Kier molecular flexibility index (Phi) is 6.02. The number of fused-ring (bicyclic) bond motifs is 4. The molecule has 0 aliphatic carbocycles. The third-order valence-corrected chi connectivity index (χ3v) is 8.52. The van der Waals surface area contributed by atoms with Gasteiger partial charge in [-0.05, 0) is 48.4 Å². The second-order valence-electron chi connectivity index (χ2n) is 10.8. The molecule has 2 saturated heterocycles. The predicted octanol–water partition coefficient (Wildman–Crippen LogP) is 2.71. The number of rotatable bonds is 5. The third-order valence-electron chi connectivity index (χ3n) is 8.52. The standard InChI is InChI=1S/C29H33N5O5/c1-18(35)32-12-9-31(10-13-32)11-14-33-27(37)29(2)17-23-22-16-21(39-3)7-8-24(22)30-25(23)26(34(29)28(33)38)19-5-4-6-20(36)15-19/h4-8,15-16,26,30,36H,9-14,17H2,1-3H3/t26-,29+/m1/s1. The number of aromatic amines is 1. The number of benzene rings is 2. The third kappa shape index (κ3) is 4.01. The number of aromatic hydroxyl groups is 1. The quantitative estimate of drug-likeness (QED) is 0.490. The number of phenolic OH excluding ortho intramolecular Hbond substituents is 1. The van der Waals surface area contributed by atoms with Crippen molar-refractivity contribution in [3.05, 3.63) is 59.3 Å². The Morgan fingerprint density at radius 3 is 2.56 bits per heavy atom. The molecule has 39 heavy (non-hydrogen) atoms. The number of methoxy groups -OCH3 is 1. The molecule has 2 aromatic carbocycles. The Bertz CT molecular complexity index is 1480. The van der Waals surface area contributed by atoms with Crippen LogP contribution < -0.4 is 4.74 Å². The number of amides is 4. The van der Waals surface area contributed by atoms with Crippen LogP contribution >= 0.6 is 0 Å². The maximum absolute atomic E-state index is 14.0. The summed E-state index contributed by atoms with van der Waals surface area (Å²) in [4.78, 5) is 50.3. The van der Waals surface area contributed by atoms with Gasteiger partial charge in [-0.15, -0.1) is 0 Å². The van der Waals surface area contributed by atoms with Crippen molar-refractivity contribution in [3.63, 3.8) is 0 Å². The second-order valence-corrected chi connectivity index (χ2v) is 10.8. The smallest absolute Gasteiger partial charge is 0.328 e. The van der Waals surface area contributed by atoms with E-state index in [1.165, 1.54) is 4.90 Å². The SMILES string of the molecule is COc1ccc2[nH]c3c(c2c1)C[C@@]1(C)C(=O)N(CCN2CCN(C(C)=O)CC2)C(=O)N1[C@@H]3c1cccc(O)c1. The van der Waals surface area contributed by atoms with Crippen molar-refractivity contribution in [1.82, 2.24) is 24.6 Å². The largest absolute Gasteiger partial charge is 0.508 e. The molecule has 3 aliphatic rings. The van der Waals surface area contributed by atoms with Gasteiger partial charge in [0, 0.05) is 69.2 Å². The van der Waals surface area contributed by atoms with Crippen LogP contribution in [0.15, 0.2) is 42.5 Å². The van der Waals surface area contributed by atoms with Crippen molar-refractivity contribution < 1.29 is 24.2 Å². The fraction of sp³-hybridized carbons (Fsp3) is 0.414. The normalized spacial score (nSPS) is 23.4. The van der Waals surface area contributed by atoms with E-state index in [1.807, 2.05) is 36.1 Å². The summed E-state index contributed by atoms with van der Waals surface area (Å²) < 4.78 is 5.47. The van der Waals surface area contributed by atoms with Gasteiger partial charge in [-0.1, -0.05) is 12.1 Å². The van der Waals surface area contributed by atoms with Gasteiger partial charge in [0.25, 0.3) is 5.91 Å². The summed E-state index contributed by atoms with van der Waals surface area (Å²) in [6.07, 6.45) is 0.364. The molecule has 4 heterocycles. The van der Waals surface area contributed by atoms with Crippen LogP contribution in [-0.2, 0) is 16.0 Å². The average Bonchev–Trinajstić information content (AvgIpc) is 3.37. The highest BCUT2D eigenvalue weighted by atomic mass is 16.5. The molecular weight excluding hydrogens is 498 g/mol. The van der Waals surface area contributed by atoms with Gasteiger partial charge < -0.3 is 19.7 Å². The van der Waals surface area contributed by atoms with Gasteiger partial charge in [0.15, 0.2) is 0 Å². The number of nitrogens with one attached hydrogen (secondary N) is 1. The zero-order valence-electron chi connectivity index (χ0n) is 22.4. The van der Waals surface area contributed by atoms with Crippen molar-refractivity contribution in [1.29, 1.82) is 0 Å². The van der Waals surface area contributed by atoms with Gasteiger partial charge in [0.05, 0.1) is 7.11 Å². The molecule has 0 spiro atoms. The molecule has 3 aliphatic heterocycles. The Morgan fingerprint density at radius 1 is 1.10 bits per heavy atom. The second kappa shape index (κ2) is 9.30. The molecule has 10 nitrogen and oxygen atoms in total. The summed E-state index contributed by atoms with van der Waals surface area (Å²) >= 11 is 0. The summed E-state index contributed by atoms with van der Waals surface area (Å²) in [5.74, 6) is 0.656. The van der Waals surface area contributed by atoms with Gasteiger partial charge in [0.2, 0.25) is 5.91 Å². The van der Waals surface area contributed by atoms with Crippen LogP contribution in [0.25, 0.3) is 10.9 Å². The highest BCUT2D eigenvalue weighted by molar-refractivity contribution is 6.08. The number of hydrogen-bond acceptors (Lipinski definition) is 6.